The zero-order valence-corrected chi connectivity index (χ0v) is 13.6. The van der Waals surface area contributed by atoms with E-state index in [1.165, 1.54) is 29.3 Å². The minimum atomic E-state index is -0.371. The normalized spacial score (nSPS) is 10.6. The zero-order chi connectivity index (χ0) is 14.7. The lowest BCUT2D eigenvalue weighted by atomic mass is 10.4. The molecular formula is C12H13ClN4OS2. The van der Waals surface area contributed by atoms with Crippen LogP contribution in [0.1, 0.15) is 28.0 Å². The number of hydrogen-bond acceptors (Lipinski definition) is 6. The van der Waals surface area contributed by atoms with Crippen molar-refractivity contribution in [3.63, 3.8) is 0 Å². The maximum atomic E-state index is 12.2. The predicted octanol–water partition coefficient (Wildman–Crippen LogP) is 3.57. The molecule has 0 aliphatic carbocycles. The molecule has 0 aromatic carbocycles. The summed E-state index contributed by atoms with van der Waals surface area (Å²) in [5.41, 5.74) is 1.07. The van der Waals surface area contributed by atoms with E-state index in [9.17, 15) is 4.79 Å². The average molecular weight is 329 g/mol. The minimum Gasteiger partial charge on any atom is -0.296 e. The average Bonchev–Trinajstić information content (AvgIpc) is 2.70. The van der Waals surface area contributed by atoms with Crippen LogP contribution in [-0.2, 0) is 0 Å². The Morgan fingerprint density at radius 1 is 1.45 bits per heavy atom. The summed E-state index contributed by atoms with van der Waals surface area (Å²) >= 11 is 8.86. The fraction of sp³-hybridized carbons (Fsp3) is 0.333. The van der Waals surface area contributed by atoms with E-state index in [1.54, 1.807) is 0 Å². The quantitative estimate of drug-likeness (QED) is 0.686. The summed E-state index contributed by atoms with van der Waals surface area (Å²) in [6, 6.07) is 0. The van der Waals surface area contributed by atoms with Crippen LogP contribution >= 0.6 is 34.7 Å². The number of hydrogen-bond donors (Lipinski definition) is 1. The molecule has 5 nitrogen and oxygen atoms in total. The third kappa shape index (κ3) is 3.47. The lowest BCUT2D eigenvalue weighted by Crippen LogP contribution is -2.15. The topological polar surface area (TPSA) is 67.8 Å². The van der Waals surface area contributed by atoms with Gasteiger partial charge in [-0.05, 0) is 19.6 Å². The van der Waals surface area contributed by atoms with Gasteiger partial charge in [-0.1, -0.05) is 30.3 Å². The Bertz CT molecular complexity index is 625. The molecule has 0 spiro atoms. The highest BCUT2D eigenvalue weighted by Crippen LogP contribution is 2.23. The molecule has 0 atom stereocenters. The molecule has 0 fully saturated rings. The molecule has 2 aromatic rings. The molecule has 2 aromatic heterocycles. The summed E-state index contributed by atoms with van der Waals surface area (Å²) in [5, 5.41) is 4.03. The van der Waals surface area contributed by atoms with Gasteiger partial charge in [0.05, 0.1) is 16.9 Å². The van der Waals surface area contributed by atoms with Crippen LogP contribution < -0.4 is 5.32 Å². The smallest absolute Gasteiger partial charge is 0.277 e. The number of anilines is 1. The first-order valence-electron chi connectivity index (χ1n) is 5.92. The number of aromatic nitrogens is 3. The van der Waals surface area contributed by atoms with Gasteiger partial charge < -0.3 is 0 Å². The van der Waals surface area contributed by atoms with Crippen molar-refractivity contribution < 1.29 is 4.79 Å². The molecule has 1 amide bonds. The van der Waals surface area contributed by atoms with E-state index in [2.05, 4.69) is 20.3 Å². The molecule has 0 saturated carbocycles. The summed E-state index contributed by atoms with van der Waals surface area (Å²) in [5.74, 6) is 0.456. The molecule has 20 heavy (non-hydrogen) atoms. The van der Waals surface area contributed by atoms with Crippen LogP contribution in [0.3, 0.4) is 0 Å². The van der Waals surface area contributed by atoms with Crippen LogP contribution in [0.5, 0.6) is 0 Å². The summed E-state index contributed by atoms with van der Waals surface area (Å²) in [7, 11) is 0. The highest BCUT2D eigenvalue weighted by molar-refractivity contribution is 7.99. The number of nitrogens with one attached hydrogen (secondary N) is 1. The Balaban J connectivity index is 2.22. The first kappa shape index (κ1) is 15.2. The van der Waals surface area contributed by atoms with E-state index in [0.29, 0.717) is 10.3 Å². The van der Waals surface area contributed by atoms with Crippen molar-refractivity contribution >= 4 is 45.7 Å². The Labute approximate surface area is 130 Å². The first-order chi connectivity index (χ1) is 9.51. The number of carbonyl (C=O) groups excluding carboxylic acids is 1. The van der Waals surface area contributed by atoms with Crippen LogP contribution in [0, 0.1) is 13.8 Å². The van der Waals surface area contributed by atoms with E-state index >= 15 is 0 Å². The molecule has 0 aliphatic heterocycles. The standard InChI is InChI=1S/C12H13ClN4OS2/c1-4-19-11-14-5-8(13)9(16-11)10(18)17-12-15-6(2)7(3)20-12/h5H,4H2,1-3H3,(H,15,17,18). The fourth-order valence-electron chi connectivity index (χ4n) is 1.39. The van der Waals surface area contributed by atoms with Gasteiger partial charge in [0.1, 0.15) is 0 Å². The third-order valence-corrected chi connectivity index (χ3v) is 4.47. The van der Waals surface area contributed by atoms with Crippen molar-refractivity contribution in [3.05, 3.63) is 27.5 Å². The monoisotopic (exact) mass is 328 g/mol. The first-order valence-corrected chi connectivity index (χ1v) is 8.10. The molecule has 106 valence electrons. The molecular weight excluding hydrogens is 316 g/mol. The predicted molar refractivity (Wildman–Crippen MR) is 83.0 cm³/mol. The van der Waals surface area contributed by atoms with Gasteiger partial charge in [-0.3, -0.25) is 10.1 Å². The van der Waals surface area contributed by atoms with E-state index in [4.69, 9.17) is 11.6 Å². The SMILES string of the molecule is CCSc1ncc(Cl)c(C(=O)Nc2nc(C)c(C)s2)n1. The van der Waals surface area contributed by atoms with Crippen LogP contribution in [0.4, 0.5) is 5.13 Å². The van der Waals surface area contributed by atoms with Crippen LogP contribution in [0.25, 0.3) is 0 Å². The summed E-state index contributed by atoms with van der Waals surface area (Å²) in [4.78, 5) is 25.7. The Morgan fingerprint density at radius 3 is 2.80 bits per heavy atom. The number of thiazole rings is 1. The Morgan fingerprint density at radius 2 is 2.20 bits per heavy atom. The zero-order valence-electron chi connectivity index (χ0n) is 11.2. The molecule has 8 heteroatoms. The maximum Gasteiger partial charge on any atom is 0.277 e. The van der Waals surface area contributed by atoms with Crippen molar-refractivity contribution in [2.75, 3.05) is 11.1 Å². The molecule has 0 unspecified atom stereocenters. The number of thioether (sulfide) groups is 1. The minimum absolute atomic E-state index is 0.170. The van der Waals surface area contributed by atoms with Crippen LogP contribution in [-0.4, -0.2) is 26.6 Å². The van der Waals surface area contributed by atoms with E-state index in [1.807, 2.05) is 20.8 Å². The molecule has 2 rings (SSSR count). The Kier molecular flexibility index (Phi) is 4.95. The second-order valence-electron chi connectivity index (χ2n) is 3.90. The lowest BCUT2D eigenvalue weighted by molar-refractivity contribution is 0.102. The molecule has 0 radical (unpaired) electrons. The summed E-state index contributed by atoms with van der Waals surface area (Å²) in [6.07, 6.45) is 1.44. The maximum absolute atomic E-state index is 12.2. The summed E-state index contributed by atoms with van der Waals surface area (Å²) in [6.45, 7) is 5.84. The molecule has 0 aliphatic rings. The lowest BCUT2D eigenvalue weighted by Gasteiger charge is -2.04. The van der Waals surface area contributed by atoms with Gasteiger partial charge in [0.15, 0.2) is 16.0 Å². The van der Waals surface area contributed by atoms with Gasteiger partial charge in [-0.2, -0.15) is 0 Å². The molecule has 1 N–H and O–H groups in total. The van der Waals surface area contributed by atoms with Gasteiger partial charge in [-0.25, -0.2) is 15.0 Å². The van der Waals surface area contributed by atoms with Crippen molar-refractivity contribution in [3.8, 4) is 0 Å². The largest absolute Gasteiger partial charge is 0.296 e. The fourth-order valence-corrected chi connectivity index (χ4v) is 2.92. The molecule has 0 bridgehead atoms. The van der Waals surface area contributed by atoms with Crippen molar-refractivity contribution in [2.45, 2.75) is 25.9 Å². The van der Waals surface area contributed by atoms with E-state index < -0.39 is 0 Å². The highest BCUT2D eigenvalue weighted by atomic mass is 35.5. The van der Waals surface area contributed by atoms with Crippen molar-refractivity contribution in [1.82, 2.24) is 15.0 Å². The van der Waals surface area contributed by atoms with E-state index in [-0.39, 0.29) is 16.6 Å². The highest BCUT2D eigenvalue weighted by Gasteiger charge is 2.16. The molecule has 0 saturated heterocycles. The molecule has 2 heterocycles. The second kappa shape index (κ2) is 6.51. The number of rotatable bonds is 4. The number of halogens is 1. The van der Waals surface area contributed by atoms with Gasteiger partial charge in [0.2, 0.25) is 0 Å². The second-order valence-corrected chi connectivity index (χ2v) is 6.74. The number of amides is 1. The number of carbonyl (C=O) groups is 1. The van der Waals surface area contributed by atoms with Crippen LogP contribution in [0.15, 0.2) is 11.4 Å². The van der Waals surface area contributed by atoms with Gasteiger partial charge in [-0.15, -0.1) is 11.3 Å². The van der Waals surface area contributed by atoms with Crippen molar-refractivity contribution in [1.29, 1.82) is 0 Å². The van der Waals surface area contributed by atoms with E-state index in [0.717, 1.165) is 16.3 Å². The number of nitrogens with zero attached hydrogens (tertiary/aromatic N) is 3. The number of aryl methyl sites for hydroxylation is 2. The third-order valence-electron chi connectivity index (χ3n) is 2.46. The van der Waals surface area contributed by atoms with Gasteiger partial charge >= 0.3 is 0 Å². The Hall–Kier alpha value is -1.18. The van der Waals surface area contributed by atoms with Crippen molar-refractivity contribution in [2.24, 2.45) is 0 Å². The van der Waals surface area contributed by atoms with Crippen LogP contribution in [0.2, 0.25) is 5.02 Å². The summed E-state index contributed by atoms with van der Waals surface area (Å²) < 4.78 is 0. The van der Waals surface area contributed by atoms with Gasteiger partial charge in [0, 0.05) is 4.88 Å². The van der Waals surface area contributed by atoms with Gasteiger partial charge in [0.25, 0.3) is 5.91 Å².